The monoisotopic (exact) mass is 479 g/mol. The quantitative estimate of drug-likeness (QED) is 0.509. The van der Waals surface area contributed by atoms with Crippen molar-refractivity contribution in [2.24, 2.45) is 0 Å². The molecule has 0 bridgehead atoms. The van der Waals surface area contributed by atoms with Gasteiger partial charge in [0.1, 0.15) is 12.6 Å². The number of carboxylic acid groups (broad SMARTS) is 1. The first-order chi connectivity index (χ1) is 17.0. The second kappa shape index (κ2) is 11.4. The van der Waals surface area contributed by atoms with Gasteiger partial charge in [0, 0.05) is 24.9 Å². The number of hydrogen-bond acceptors (Lipinski definition) is 5. The molecule has 1 aliphatic carbocycles. The molecule has 8 heteroatoms. The zero-order valence-electron chi connectivity index (χ0n) is 20.0. The van der Waals surface area contributed by atoms with Gasteiger partial charge in [-0.05, 0) is 54.6 Å². The van der Waals surface area contributed by atoms with E-state index in [1.54, 1.807) is 0 Å². The Morgan fingerprint density at radius 3 is 2.37 bits per heavy atom. The lowest BCUT2D eigenvalue weighted by molar-refractivity contribution is -0.137. The van der Waals surface area contributed by atoms with E-state index in [0.29, 0.717) is 0 Å². The van der Waals surface area contributed by atoms with Crippen LogP contribution in [0, 0.1) is 0 Å². The average Bonchev–Trinajstić information content (AvgIpc) is 3.19. The number of carboxylic acids is 1. The Morgan fingerprint density at radius 2 is 1.74 bits per heavy atom. The van der Waals surface area contributed by atoms with Crippen LogP contribution in [0.4, 0.5) is 4.79 Å². The number of amides is 2. The Morgan fingerprint density at radius 1 is 1.09 bits per heavy atom. The summed E-state index contributed by atoms with van der Waals surface area (Å²) in [4.78, 5) is 39.1. The highest BCUT2D eigenvalue weighted by Crippen LogP contribution is 2.44. The zero-order chi connectivity index (χ0) is 24.8. The molecule has 1 heterocycles. The Bertz CT molecular complexity index is 1030. The van der Waals surface area contributed by atoms with Crippen molar-refractivity contribution in [2.45, 2.75) is 50.6 Å². The number of nitrogens with zero attached hydrogens (tertiary/aromatic N) is 1. The van der Waals surface area contributed by atoms with Crippen molar-refractivity contribution in [3.8, 4) is 11.1 Å². The minimum atomic E-state index is -1.02. The maximum Gasteiger partial charge on any atom is 0.407 e. The van der Waals surface area contributed by atoms with E-state index in [1.807, 2.05) is 36.4 Å². The number of rotatable bonds is 9. The summed E-state index contributed by atoms with van der Waals surface area (Å²) in [6, 6.07) is 15.1. The number of aliphatic carboxylic acids is 1. The molecule has 1 aliphatic heterocycles. The third-order valence-electron chi connectivity index (χ3n) is 6.90. The van der Waals surface area contributed by atoms with Crippen LogP contribution >= 0.6 is 0 Å². The number of carbonyl (C=O) groups is 3. The van der Waals surface area contributed by atoms with Crippen molar-refractivity contribution < 1.29 is 24.2 Å². The van der Waals surface area contributed by atoms with E-state index >= 15 is 0 Å². The molecule has 35 heavy (non-hydrogen) atoms. The highest BCUT2D eigenvalue weighted by atomic mass is 16.5. The highest BCUT2D eigenvalue weighted by molar-refractivity contribution is 5.86. The zero-order valence-corrected chi connectivity index (χ0v) is 20.0. The van der Waals surface area contributed by atoms with Crippen LogP contribution in [0.25, 0.3) is 11.1 Å². The number of hydrogen-bond donors (Lipinski definition) is 3. The summed E-state index contributed by atoms with van der Waals surface area (Å²) in [5, 5.41) is 14.7. The van der Waals surface area contributed by atoms with Gasteiger partial charge in [-0.25, -0.2) is 4.79 Å². The van der Waals surface area contributed by atoms with Gasteiger partial charge in [0.25, 0.3) is 0 Å². The van der Waals surface area contributed by atoms with Gasteiger partial charge in [0.05, 0.1) is 0 Å². The van der Waals surface area contributed by atoms with Crippen LogP contribution in [0.3, 0.4) is 0 Å². The summed E-state index contributed by atoms with van der Waals surface area (Å²) >= 11 is 0. The fourth-order valence-electron chi connectivity index (χ4n) is 5.08. The lowest BCUT2D eigenvalue weighted by atomic mass is 9.98. The summed E-state index contributed by atoms with van der Waals surface area (Å²) < 4.78 is 5.57. The molecule has 3 N–H and O–H groups in total. The molecule has 2 aromatic carbocycles. The Balaban J connectivity index is 1.38. The van der Waals surface area contributed by atoms with Crippen LogP contribution in [-0.2, 0) is 14.3 Å². The third-order valence-corrected chi connectivity index (χ3v) is 6.90. The number of likely N-dealkylation sites (N-methyl/N-ethyl adjacent to an activating group) is 1. The minimum Gasteiger partial charge on any atom is -0.481 e. The first kappa shape index (κ1) is 24.7. The van der Waals surface area contributed by atoms with Gasteiger partial charge in [0.15, 0.2) is 0 Å². The first-order valence-corrected chi connectivity index (χ1v) is 12.3. The molecule has 1 fully saturated rings. The van der Waals surface area contributed by atoms with Crippen LogP contribution in [-0.4, -0.2) is 66.3 Å². The fraction of sp³-hybridized carbons (Fsp3) is 0.444. The maximum absolute atomic E-state index is 12.9. The lowest BCUT2D eigenvalue weighted by Crippen LogP contribution is -2.54. The Hall–Kier alpha value is -3.39. The normalized spacial score (nSPS) is 18.3. The van der Waals surface area contributed by atoms with Crippen LogP contribution in [0.1, 0.15) is 49.7 Å². The van der Waals surface area contributed by atoms with E-state index in [4.69, 9.17) is 9.84 Å². The van der Waals surface area contributed by atoms with Gasteiger partial charge in [-0.2, -0.15) is 0 Å². The van der Waals surface area contributed by atoms with E-state index in [-0.39, 0.29) is 37.3 Å². The summed E-state index contributed by atoms with van der Waals surface area (Å²) in [7, 11) is 0. The van der Waals surface area contributed by atoms with Gasteiger partial charge in [-0.1, -0.05) is 55.5 Å². The number of alkyl carbamates (subject to hydrolysis) is 1. The Labute approximate surface area is 205 Å². The van der Waals surface area contributed by atoms with Gasteiger partial charge in [-0.3, -0.25) is 9.59 Å². The smallest absolute Gasteiger partial charge is 0.407 e. The molecule has 2 aliphatic rings. The molecule has 2 aromatic rings. The number of ether oxygens (including phenoxy) is 1. The number of carbonyl (C=O) groups excluding carboxylic acids is 2. The largest absolute Gasteiger partial charge is 0.481 e. The van der Waals surface area contributed by atoms with Crippen LogP contribution in [0.5, 0.6) is 0 Å². The van der Waals surface area contributed by atoms with Crippen molar-refractivity contribution in [1.29, 1.82) is 0 Å². The number of fused-ring (bicyclic) bond motifs is 3. The third kappa shape index (κ3) is 6.00. The first-order valence-electron chi connectivity index (χ1n) is 12.3. The molecular weight excluding hydrogens is 446 g/mol. The number of nitrogens with one attached hydrogen (secondary N) is 2. The topological polar surface area (TPSA) is 108 Å². The van der Waals surface area contributed by atoms with E-state index in [0.717, 1.165) is 54.7 Å². The van der Waals surface area contributed by atoms with Gasteiger partial charge in [0.2, 0.25) is 5.91 Å². The maximum atomic E-state index is 12.9. The molecule has 0 saturated carbocycles. The van der Waals surface area contributed by atoms with Gasteiger partial charge in [-0.15, -0.1) is 0 Å². The van der Waals surface area contributed by atoms with E-state index in [1.165, 1.54) is 0 Å². The van der Waals surface area contributed by atoms with E-state index in [9.17, 15) is 14.4 Å². The summed E-state index contributed by atoms with van der Waals surface area (Å²) in [5.41, 5.74) is 4.45. The SMILES string of the molecule is CCN1CCCC(NC(=O)C(CCC(=O)O)NC(=O)OCC2c3ccccc3-c3ccccc32)C1. The molecule has 186 valence electrons. The molecule has 4 rings (SSSR count). The van der Waals surface area contributed by atoms with E-state index in [2.05, 4.69) is 34.6 Å². The number of benzene rings is 2. The highest BCUT2D eigenvalue weighted by Gasteiger charge is 2.30. The molecule has 1 saturated heterocycles. The lowest BCUT2D eigenvalue weighted by Gasteiger charge is -2.33. The van der Waals surface area contributed by atoms with Crippen molar-refractivity contribution >= 4 is 18.0 Å². The predicted octanol–water partition coefficient (Wildman–Crippen LogP) is 3.36. The minimum absolute atomic E-state index is 0.00439. The van der Waals surface area contributed by atoms with Crippen LogP contribution in [0.15, 0.2) is 48.5 Å². The molecular formula is C27H33N3O5. The van der Waals surface area contributed by atoms with Crippen LogP contribution < -0.4 is 10.6 Å². The molecule has 2 atom stereocenters. The molecule has 2 amide bonds. The molecule has 0 spiro atoms. The predicted molar refractivity (Wildman–Crippen MR) is 132 cm³/mol. The van der Waals surface area contributed by atoms with Gasteiger partial charge < -0.3 is 25.4 Å². The Kier molecular flexibility index (Phi) is 8.02. The van der Waals surface area contributed by atoms with Crippen molar-refractivity contribution in [3.63, 3.8) is 0 Å². The molecule has 0 aromatic heterocycles. The molecule has 2 unspecified atom stereocenters. The average molecular weight is 480 g/mol. The van der Waals surface area contributed by atoms with Crippen molar-refractivity contribution in [3.05, 3.63) is 59.7 Å². The summed E-state index contributed by atoms with van der Waals surface area (Å²) in [6.45, 7) is 4.87. The number of piperidine rings is 1. The van der Waals surface area contributed by atoms with Crippen molar-refractivity contribution in [1.82, 2.24) is 15.5 Å². The second-order valence-corrected chi connectivity index (χ2v) is 9.20. The fourth-order valence-corrected chi connectivity index (χ4v) is 5.08. The van der Waals surface area contributed by atoms with Crippen LogP contribution in [0.2, 0.25) is 0 Å². The second-order valence-electron chi connectivity index (χ2n) is 9.20. The number of likely N-dealkylation sites (tertiary alicyclic amines) is 1. The molecule has 8 nitrogen and oxygen atoms in total. The summed E-state index contributed by atoms with van der Waals surface area (Å²) in [5.74, 6) is -1.49. The molecule has 0 radical (unpaired) electrons. The van der Waals surface area contributed by atoms with Gasteiger partial charge >= 0.3 is 12.1 Å². The van der Waals surface area contributed by atoms with E-state index < -0.39 is 18.1 Å². The standard InChI is InChI=1S/C27H33N3O5/c1-2-30-15-7-8-18(16-30)28-26(33)24(13-14-25(31)32)29-27(34)35-17-23-21-11-5-3-9-19(21)20-10-4-6-12-22(20)23/h3-6,9-12,18,23-24H,2,7-8,13-17H2,1H3,(H,28,33)(H,29,34)(H,31,32). The summed E-state index contributed by atoms with van der Waals surface area (Å²) in [6.07, 6.45) is 0.886. The van der Waals surface area contributed by atoms with Crippen molar-refractivity contribution in [2.75, 3.05) is 26.2 Å².